The van der Waals surface area contributed by atoms with Crippen molar-refractivity contribution in [1.29, 1.82) is 0 Å². The summed E-state index contributed by atoms with van der Waals surface area (Å²) in [6.07, 6.45) is 1.66. The van der Waals surface area contributed by atoms with Gasteiger partial charge in [-0.05, 0) is 0 Å². The molecule has 0 fully saturated rings. The highest BCUT2D eigenvalue weighted by atomic mass is 35.5. The van der Waals surface area contributed by atoms with Gasteiger partial charge in [-0.1, -0.05) is 11.6 Å². The summed E-state index contributed by atoms with van der Waals surface area (Å²) in [5.74, 6) is 0.501. The number of hydrogen-bond donors (Lipinski definition) is 1. The monoisotopic (exact) mass is 197 g/mol. The van der Waals surface area contributed by atoms with Crippen molar-refractivity contribution in [3.05, 3.63) is 11.5 Å². The second-order valence-corrected chi connectivity index (χ2v) is 2.97. The summed E-state index contributed by atoms with van der Waals surface area (Å²) in [4.78, 5) is 12.3. The maximum Gasteiger partial charge on any atom is 0.225 e. The Morgan fingerprint density at radius 3 is 2.92 bits per heavy atom. The molecule has 2 heterocycles. The molecule has 2 rings (SSSR count). The van der Waals surface area contributed by atoms with Gasteiger partial charge >= 0.3 is 0 Å². The van der Waals surface area contributed by atoms with E-state index in [9.17, 15) is 0 Å². The first-order chi connectivity index (χ1) is 6.22. The zero-order valence-corrected chi connectivity index (χ0v) is 8.00. The van der Waals surface area contributed by atoms with Crippen LogP contribution in [0.15, 0.2) is 6.33 Å². The van der Waals surface area contributed by atoms with Gasteiger partial charge in [0.05, 0.1) is 6.33 Å². The van der Waals surface area contributed by atoms with Crippen LogP contribution in [0.2, 0.25) is 5.15 Å². The first-order valence-corrected chi connectivity index (χ1v) is 4.12. The molecule has 0 aliphatic carbocycles. The van der Waals surface area contributed by atoms with E-state index in [1.54, 1.807) is 17.9 Å². The Kier molecular flexibility index (Phi) is 1.81. The number of nitrogens with zero attached hydrogens (tertiary/aromatic N) is 4. The van der Waals surface area contributed by atoms with E-state index in [-0.39, 0.29) is 0 Å². The Morgan fingerprint density at radius 1 is 1.46 bits per heavy atom. The Balaban J connectivity index is 2.80. The molecule has 5 nitrogen and oxygen atoms in total. The van der Waals surface area contributed by atoms with E-state index in [0.29, 0.717) is 16.6 Å². The van der Waals surface area contributed by atoms with E-state index >= 15 is 0 Å². The predicted molar refractivity (Wildman–Crippen MR) is 50.9 cm³/mol. The fraction of sp³-hybridized carbons (Fsp3) is 0.286. The molecular formula is C7H8ClN5. The van der Waals surface area contributed by atoms with Crippen LogP contribution in [0.4, 0.5) is 5.95 Å². The van der Waals surface area contributed by atoms with Gasteiger partial charge in [-0.2, -0.15) is 9.97 Å². The Morgan fingerprint density at radius 2 is 2.23 bits per heavy atom. The smallest absolute Gasteiger partial charge is 0.225 e. The third kappa shape index (κ3) is 1.21. The second-order valence-electron chi connectivity index (χ2n) is 2.62. The van der Waals surface area contributed by atoms with Gasteiger partial charge in [-0.25, -0.2) is 4.98 Å². The molecule has 0 aliphatic rings. The standard InChI is InChI=1S/C7H8ClN5/c1-9-7-11-5(8)4-6(12-7)13(2)3-10-4/h3H,1-2H3,(H,9,11,12). The molecule has 6 heteroatoms. The summed E-state index contributed by atoms with van der Waals surface area (Å²) in [5, 5.41) is 3.20. The Bertz CT molecular complexity index is 449. The van der Waals surface area contributed by atoms with E-state index in [1.165, 1.54) is 0 Å². The number of aryl methyl sites for hydroxylation is 1. The van der Waals surface area contributed by atoms with Gasteiger partial charge < -0.3 is 9.88 Å². The molecule has 2 aromatic rings. The molecule has 0 unspecified atom stereocenters. The van der Waals surface area contributed by atoms with Crippen molar-refractivity contribution in [2.24, 2.45) is 7.05 Å². The molecule has 1 N–H and O–H groups in total. The summed E-state index contributed by atoms with van der Waals surface area (Å²) < 4.78 is 1.80. The number of halogens is 1. The highest BCUT2D eigenvalue weighted by Crippen LogP contribution is 2.19. The van der Waals surface area contributed by atoms with Crippen molar-refractivity contribution in [1.82, 2.24) is 19.5 Å². The van der Waals surface area contributed by atoms with Crippen LogP contribution >= 0.6 is 11.6 Å². The van der Waals surface area contributed by atoms with Crippen molar-refractivity contribution in [2.45, 2.75) is 0 Å². The molecule has 13 heavy (non-hydrogen) atoms. The minimum absolute atomic E-state index is 0.370. The van der Waals surface area contributed by atoms with Crippen LogP contribution in [0, 0.1) is 0 Å². The van der Waals surface area contributed by atoms with Gasteiger partial charge in [0.1, 0.15) is 5.52 Å². The lowest BCUT2D eigenvalue weighted by Gasteiger charge is -1.99. The lowest BCUT2D eigenvalue weighted by atomic mass is 10.5. The van der Waals surface area contributed by atoms with E-state index in [0.717, 1.165) is 5.65 Å². The summed E-state index contributed by atoms with van der Waals surface area (Å²) in [7, 11) is 3.60. The van der Waals surface area contributed by atoms with E-state index in [2.05, 4.69) is 20.3 Å². The third-order valence-corrected chi connectivity index (χ3v) is 2.00. The van der Waals surface area contributed by atoms with Gasteiger partial charge in [0.25, 0.3) is 0 Å². The largest absolute Gasteiger partial charge is 0.357 e. The van der Waals surface area contributed by atoms with Crippen molar-refractivity contribution in [2.75, 3.05) is 12.4 Å². The average molecular weight is 198 g/mol. The number of nitrogens with one attached hydrogen (secondary N) is 1. The third-order valence-electron chi connectivity index (χ3n) is 1.74. The fourth-order valence-electron chi connectivity index (χ4n) is 1.08. The quantitative estimate of drug-likeness (QED) is 0.695. The number of aromatic nitrogens is 4. The lowest BCUT2D eigenvalue weighted by Crippen LogP contribution is -1.98. The number of anilines is 1. The zero-order valence-electron chi connectivity index (χ0n) is 7.24. The minimum Gasteiger partial charge on any atom is -0.357 e. The summed E-state index contributed by atoms with van der Waals surface area (Å²) in [6.45, 7) is 0. The fourth-order valence-corrected chi connectivity index (χ4v) is 1.30. The maximum atomic E-state index is 5.89. The van der Waals surface area contributed by atoms with Crippen LogP contribution < -0.4 is 5.32 Å². The predicted octanol–water partition coefficient (Wildman–Crippen LogP) is 1.06. The van der Waals surface area contributed by atoms with Crippen LogP contribution in [-0.2, 0) is 7.05 Å². The molecule has 0 bridgehead atoms. The van der Waals surface area contributed by atoms with Gasteiger partial charge in [-0.3, -0.25) is 0 Å². The number of imidazole rings is 1. The molecule has 0 amide bonds. The molecule has 68 valence electrons. The van der Waals surface area contributed by atoms with Crippen LogP contribution in [0.3, 0.4) is 0 Å². The maximum absolute atomic E-state index is 5.89. The number of fused-ring (bicyclic) bond motifs is 1. The number of rotatable bonds is 1. The van der Waals surface area contributed by atoms with E-state index < -0.39 is 0 Å². The first kappa shape index (κ1) is 8.25. The first-order valence-electron chi connectivity index (χ1n) is 3.74. The van der Waals surface area contributed by atoms with Gasteiger partial charge in [0.15, 0.2) is 10.8 Å². The summed E-state index contributed by atoms with van der Waals surface area (Å²) >= 11 is 5.89. The molecular weight excluding hydrogens is 190 g/mol. The van der Waals surface area contributed by atoms with Crippen LogP contribution in [0.1, 0.15) is 0 Å². The molecule has 0 saturated heterocycles. The SMILES string of the molecule is CNc1nc(Cl)c2ncn(C)c2n1. The van der Waals surface area contributed by atoms with Crippen molar-refractivity contribution in [3.8, 4) is 0 Å². The summed E-state index contributed by atoms with van der Waals surface area (Å²) in [5.41, 5.74) is 1.35. The normalized spacial score (nSPS) is 10.7. The van der Waals surface area contributed by atoms with Crippen LogP contribution in [-0.4, -0.2) is 26.6 Å². The van der Waals surface area contributed by atoms with Gasteiger partial charge in [0, 0.05) is 14.1 Å². The zero-order chi connectivity index (χ0) is 9.42. The molecule has 2 aromatic heterocycles. The molecule has 0 aromatic carbocycles. The number of hydrogen-bond acceptors (Lipinski definition) is 4. The Labute approximate surface area is 79.8 Å². The average Bonchev–Trinajstić information content (AvgIpc) is 2.48. The highest BCUT2D eigenvalue weighted by Gasteiger charge is 2.08. The second kappa shape index (κ2) is 2.85. The van der Waals surface area contributed by atoms with E-state index in [1.807, 2.05) is 7.05 Å². The minimum atomic E-state index is 0.370. The van der Waals surface area contributed by atoms with E-state index in [4.69, 9.17) is 11.6 Å². The van der Waals surface area contributed by atoms with Crippen molar-refractivity contribution >= 4 is 28.7 Å². The molecule has 0 saturated carbocycles. The highest BCUT2D eigenvalue weighted by molar-refractivity contribution is 6.33. The van der Waals surface area contributed by atoms with Gasteiger partial charge in [0.2, 0.25) is 5.95 Å². The van der Waals surface area contributed by atoms with Crippen LogP contribution in [0.25, 0.3) is 11.2 Å². The molecule has 0 radical (unpaired) electrons. The molecule has 0 atom stereocenters. The summed E-state index contributed by atoms with van der Waals surface area (Å²) in [6, 6.07) is 0. The molecule has 0 spiro atoms. The lowest BCUT2D eigenvalue weighted by molar-refractivity contribution is 0.928. The molecule has 0 aliphatic heterocycles. The Hall–Kier alpha value is -1.36. The van der Waals surface area contributed by atoms with Gasteiger partial charge in [-0.15, -0.1) is 0 Å². The topological polar surface area (TPSA) is 55.6 Å². The van der Waals surface area contributed by atoms with Crippen molar-refractivity contribution in [3.63, 3.8) is 0 Å². The van der Waals surface area contributed by atoms with Crippen molar-refractivity contribution < 1.29 is 0 Å². The van der Waals surface area contributed by atoms with Crippen LogP contribution in [0.5, 0.6) is 0 Å².